The summed E-state index contributed by atoms with van der Waals surface area (Å²) < 4.78 is 29.1. The lowest BCUT2D eigenvalue weighted by Gasteiger charge is -2.36. The van der Waals surface area contributed by atoms with Crippen LogP contribution in [-0.4, -0.2) is 64.7 Å². The standard InChI is InChI=1S/C22H27FN2O4.ClH/c1-27-20-14-16(15-21(28-2)22(20)29-3)19(26)8-9-24-10-12-25(13-11-24)18-6-4-17(23)5-7-18;/h4-7,14-15H,8-13H2,1-3H3;1H. The van der Waals surface area contributed by atoms with Gasteiger partial charge in [-0.15, -0.1) is 12.4 Å². The van der Waals surface area contributed by atoms with Crippen molar-refractivity contribution in [1.29, 1.82) is 0 Å². The van der Waals surface area contributed by atoms with Crippen LogP contribution in [0.1, 0.15) is 16.8 Å². The molecule has 0 radical (unpaired) electrons. The van der Waals surface area contributed by atoms with Crippen LogP contribution < -0.4 is 19.1 Å². The summed E-state index contributed by atoms with van der Waals surface area (Å²) in [6, 6.07) is 9.96. The van der Waals surface area contributed by atoms with Crippen molar-refractivity contribution in [3.05, 3.63) is 47.8 Å². The fourth-order valence-electron chi connectivity index (χ4n) is 3.53. The van der Waals surface area contributed by atoms with Gasteiger partial charge in [-0.25, -0.2) is 4.39 Å². The Morgan fingerprint density at radius 2 is 1.50 bits per heavy atom. The molecule has 0 atom stereocenters. The topological polar surface area (TPSA) is 51.2 Å². The Kier molecular flexibility index (Phi) is 8.74. The molecule has 3 rings (SSSR count). The zero-order chi connectivity index (χ0) is 20.8. The molecular formula is C22H28ClFN2O4. The molecule has 0 amide bonds. The number of nitrogens with zero attached hydrogens (tertiary/aromatic N) is 2. The lowest BCUT2D eigenvalue weighted by Crippen LogP contribution is -2.46. The zero-order valence-electron chi connectivity index (χ0n) is 17.5. The molecule has 2 aromatic carbocycles. The molecule has 0 spiro atoms. The van der Waals surface area contributed by atoms with Gasteiger partial charge in [0.05, 0.1) is 21.3 Å². The van der Waals surface area contributed by atoms with E-state index in [0.29, 0.717) is 35.8 Å². The smallest absolute Gasteiger partial charge is 0.203 e. The zero-order valence-corrected chi connectivity index (χ0v) is 18.3. The monoisotopic (exact) mass is 438 g/mol. The third-order valence-electron chi connectivity index (χ3n) is 5.21. The second kappa shape index (κ2) is 11.0. The largest absolute Gasteiger partial charge is 0.493 e. The molecule has 1 heterocycles. The lowest BCUT2D eigenvalue weighted by atomic mass is 10.1. The first-order chi connectivity index (χ1) is 14.0. The number of ether oxygens (including phenoxy) is 3. The molecule has 6 nitrogen and oxygen atoms in total. The fourth-order valence-corrected chi connectivity index (χ4v) is 3.53. The molecule has 0 aliphatic carbocycles. The molecule has 164 valence electrons. The number of Topliss-reactive ketones (excluding diaryl/α,β-unsaturated/α-hetero) is 1. The van der Waals surface area contributed by atoms with Crippen LogP contribution in [0.3, 0.4) is 0 Å². The van der Waals surface area contributed by atoms with Gasteiger partial charge in [0, 0.05) is 50.4 Å². The van der Waals surface area contributed by atoms with E-state index < -0.39 is 0 Å². The van der Waals surface area contributed by atoms with E-state index in [9.17, 15) is 9.18 Å². The van der Waals surface area contributed by atoms with E-state index in [1.165, 1.54) is 33.5 Å². The highest BCUT2D eigenvalue weighted by Gasteiger charge is 2.20. The number of piperazine rings is 1. The minimum absolute atomic E-state index is 0. The van der Waals surface area contributed by atoms with Gasteiger partial charge in [0.15, 0.2) is 17.3 Å². The predicted octanol–water partition coefficient (Wildman–Crippen LogP) is 3.67. The van der Waals surface area contributed by atoms with Gasteiger partial charge in [0.2, 0.25) is 5.75 Å². The number of halogens is 2. The second-order valence-corrected chi connectivity index (χ2v) is 6.89. The third kappa shape index (κ3) is 5.55. The van der Waals surface area contributed by atoms with Crippen molar-refractivity contribution in [3.8, 4) is 17.2 Å². The first-order valence-electron chi connectivity index (χ1n) is 9.61. The average molecular weight is 439 g/mol. The highest BCUT2D eigenvalue weighted by molar-refractivity contribution is 5.97. The van der Waals surface area contributed by atoms with E-state index in [1.807, 2.05) is 0 Å². The number of rotatable bonds is 8. The highest BCUT2D eigenvalue weighted by Crippen LogP contribution is 2.38. The van der Waals surface area contributed by atoms with Gasteiger partial charge >= 0.3 is 0 Å². The molecule has 2 aromatic rings. The Hall–Kier alpha value is -2.51. The molecule has 0 unspecified atom stereocenters. The van der Waals surface area contributed by atoms with Gasteiger partial charge in [-0.05, 0) is 36.4 Å². The third-order valence-corrected chi connectivity index (χ3v) is 5.21. The summed E-state index contributed by atoms with van der Waals surface area (Å²) in [4.78, 5) is 17.2. The first kappa shape index (κ1) is 23.8. The Bertz CT molecular complexity index is 815. The number of benzene rings is 2. The van der Waals surface area contributed by atoms with Crippen molar-refractivity contribution in [2.24, 2.45) is 0 Å². The molecule has 30 heavy (non-hydrogen) atoms. The molecule has 1 fully saturated rings. The maximum Gasteiger partial charge on any atom is 0.203 e. The number of ketones is 1. The molecule has 1 aliphatic heterocycles. The summed E-state index contributed by atoms with van der Waals surface area (Å²) in [6.45, 7) is 4.11. The summed E-state index contributed by atoms with van der Waals surface area (Å²) in [6.07, 6.45) is 0.412. The maximum atomic E-state index is 13.1. The van der Waals surface area contributed by atoms with Crippen molar-refractivity contribution in [3.63, 3.8) is 0 Å². The quantitative estimate of drug-likeness (QED) is 0.586. The summed E-state index contributed by atoms with van der Waals surface area (Å²) in [7, 11) is 4.60. The van der Waals surface area contributed by atoms with Gasteiger partial charge in [-0.3, -0.25) is 9.69 Å². The molecule has 1 aliphatic rings. The van der Waals surface area contributed by atoms with E-state index in [0.717, 1.165) is 31.9 Å². The average Bonchev–Trinajstić information content (AvgIpc) is 2.77. The summed E-state index contributed by atoms with van der Waals surface area (Å²) in [5.41, 5.74) is 1.57. The molecule has 0 aromatic heterocycles. The van der Waals surface area contributed by atoms with Gasteiger partial charge in [-0.1, -0.05) is 0 Å². The Labute approximate surface area is 182 Å². The van der Waals surface area contributed by atoms with E-state index in [1.54, 1.807) is 24.3 Å². The van der Waals surface area contributed by atoms with E-state index in [4.69, 9.17) is 14.2 Å². The SMILES string of the molecule is COc1cc(C(=O)CCN2CCN(c3ccc(F)cc3)CC2)cc(OC)c1OC.Cl. The van der Waals surface area contributed by atoms with Crippen molar-refractivity contribution < 1.29 is 23.4 Å². The van der Waals surface area contributed by atoms with Crippen LogP contribution in [0.2, 0.25) is 0 Å². The number of hydrogen-bond acceptors (Lipinski definition) is 6. The maximum absolute atomic E-state index is 13.1. The van der Waals surface area contributed by atoms with Gasteiger partial charge < -0.3 is 19.1 Å². The van der Waals surface area contributed by atoms with Crippen LogP contribution in [0.4, 0.5) is 10.1 Å². The molecule has 0 bridgehead atoms. The fraction of sp³-hybridized carbons (Fsp3) is 0.409. The van der Waals surface area contributed by atoms with Crippen LogP contribution >= 0.6 is 12.4 Å². The predicted molar refractivity (Wildman–Crippen MR) is 117 cm³/mol. The summed E-state index contributed by atoms with van der Waals surface area (Å²) in [5, 5.41) is 0. The number of hydrogen-bond donors (Lipinski definition) is 0. The van der Waals surface area contributed by atoms with Crippen LogP contribution in [0.5, 0.6) is 17.2 Å². The second-order valence-electron chi connectivity index (χ2n) is 6.89. The molecule has 8 heteroatoms. The van der Waals surface area contributed by atoms with Crippen LogP contribution in [0.25, 0.3) is 0 Å². The number of carbonyl (C=O) groups is 1. The van der Waals surface area contributed by atoms with E-state index in [2.05, 4.69) is 9.80 Å². The first-order valence-corrected chi connectivity index (χ1v) is 9.61. The lowest BCUT2D eigenvalue weighted by molar-refractivity contribution is 0.0961. The van der Waals surface area contributed by atoms with Crippen LogP contribution in [-0.2, 0) is 0 Å². The van der Waals surface area contributed by atoms with Crippen LogP contribution in [0, 0.1) is 5.82 Å². The Morgan fingerprint density at radius 1 is 0.933 bits per heavy atom. The molecule has 0 saturated carbocycles. The minimum atomic E-state index is -0.224. The highest BCUT2D eigenvalue weighted by atomic mass is 35.5. The van der Waals surface area contributed by atoms with Crippen molar-refractivity contribution in [2.75, 3.05) is 59.0 Å². The van der Waals surface area contributed by atoms with Crippen molar-refractivity contribution in [1.82, 2.24) is 4.90 Å². The molecule has 0 N–H and O–H groups in total. The van der Waals surface area contributed by atoms with Gasteiger partial charge in [0.1, 0.15) is 5.82 Å². The van der Waals surface area contributed by atoms with Gasteiger partial charge in [0.25, 0.3) is 0 Å². The molecule has 1 saturated heterocycles. The number of carbonyl (C=O) groups excluding carboxylic acids is 1. The minimum Gasteiger partial charge on any atom is -0.493 e. The number of methoxy groups -OCH3 is 3. The van der Waals surface area contributed by atoms with Crippen molar-refractivity contribution >= 4 is 23.9 Å². The Morgan fingerprint density at radius 3 is 2.00 bits per heavy atom. The molecular weight excluding hydrogens is 411 g/mol. The summed E-state index contributed by atoms with van der Waals surface area (Å²) in [5.74, 6) is 1.23. The number of anilines is 1. The van der Waals surface area contributed by atoms with E-state index in [-0.39, 0.29) is 24.0 Å². The summed E-state index contributed by atoms with van der Waals surface area (Å²) >= 11 is 0. The Balaban J connectivity index is 0.00000320. The van der Waals surface area contributed by atoms with E-state index >= 15 is 0 Å². The van der Waals surface area contributed by atoms with Crippen LogP contribution in [0.15, 0.2) is 36.4 Å². The van der Waals surface area contributed by atoms with Gasteiger partial charge in [-0.2, -0.15) is 0 Å². The normalized spacial score (nSPS) is 14.1. The van der Waals surface area contributed by atoms with Crippen molar-refractivity contribution in [2.45, 2.75) is 6.42 Å².